The van der Waals surface area contributed by atoms with Crippen LogP contribution in [0, 0.1) is 11.7 Å². The molecule has 0 saturated carbocycles. The Kier molecular flexibility index (Phi) is 7.73. The number of hydrogen-bond donors (Lipinski definition) is 1. The fourth-order valence-electron chi connectivity index (χ4n) is 2.38. The predicted molar refractivity (Wildman–Crippen MR) is 80.9 cm³/mol. The van der Waals surface area contributed by atoms with Crippen molar-refractivity contribution in [1.29, 1.82) is 0 Å². The van der Waals surface area contributed by atoms with Gasteiger partial charge in [0.25, 0.3) is 0 Å². The van der Waals surface area contributed by atoms with Crippen molar-refractivity contribution in [3.63, 3.8) is 0 Å². The summed E-state index contributed by atoms with van der Waals surface area (Å²) in [5.74, 6) is 0.664. The minimum atomic E-state index is -0.0887. The third-order valence-electron chi connectivity index (χ3n) is 3.78. The first kappa shape index (κ1) is 16.2. The van der Waals surface area contributed by atoms with Crippen molar-refractivity contribution in [3.8, 4) is 0 Å². The van der Waals surface area contributed by atoms with Gasteiger partial charge in [-0.05, 0) is 43.9 Å². The fraction of sp³-hybridized carbons (Fsp3) is 0.647. The molecular formula is C17H28FN. The van der Waals surface area contributed by atoms with Crippen LogP contribution < -0.4 is 5.32 Å². The monoisotopic (exact) mass is 265 g/mol. The van der Waals surface area contributed by atoms with Gasteiger partial charge in [-0.15, -0.1) is 0 Å². The molecule has 2 unspecified atom stereocenters. The molecule has 0 aliphatic rings. The average molecular weight is 265 g/mol. The molecule has 108 valence electrons. The Morgan fingerprint density at radius 3 is 2.58 bits per heavy atom. The fourth-order valence-corrected chi connectivity index (χ4v) is 2.38. The molecule has 0 aliphatic carbocycles. The van der Waals surface area contributed by atoms with Gasteiger partial charge in [-0.3, -0.25) is 0 Å². The lowest BCUT2D eigenvalue weighted by molar-refractivity contribution is 0.393. The van der Waals surface area contributed by atoms with Crippen molar-refractivity contribution >= 4 is 0 Å². The summed E-state index contributed by atoms with van der Waals surface area (Å²) in [6.07, 6.45) is 5.85. The van der Waals surface area contributed by atoms with E-state index in [0.717, 1.165) is 24.4 Å². The highest BCUT2D eigenvalue weighted by Gasteiger charge is 2.10. The summed E-state index contributed by atoms with van der Waals surface area (Å²) in [5, 5.41) is 3.55. The predicted octanol–water partition coefficient (Wildman–Crippen LogP) is 4.56. The van der Waals surface area contributed by atoms with Gasteiger partial charge in [0.1, 0.15) is 5.82 Å². The zero-order chi connectivity index (χ0) is 14.1. The number of halogens is 1. The molecule has 2 atom stereocenters. The molecule has 1 aromatic carbocycles. The highest BCUT2D eigenvalue weighted by Crippen LogP contribution is 2.13. The third-order valence-corrected chi connectivity index (χ3v) is 3.78. The van der Waals surface area contributed by atoms with Crippen LogP contribution in [0.25, 0.3) is 0 Å². The molecular weight excluding hydrogens is 237 g/mol. The van der Waals surface area contributed by atoms with E-state index < -0.39 is 0 Å². The first-order chi connectivity index (χ1) is 9.17. The van der Waals surface area contributed by atoms with Crippen LogP contribution in [-0.2, 0) is 6.42 Å². The molecule has 0 bridgehead atoms. The highest BCUT2D eigenvalue weighted by molar-refractivity contribution is 5.18. The minimum Gasteiger partial charge on any atom is -0.314 e. The lowest BCUT2D eigenvalue weighted by Gasteiger charge is -2.20. The van der Waals surface area contributed by atoms with Gasteiger partial charge in [0.05, 0.1) is 0 Å². The normalized spacial score (nSPS) is 14.3. The molecule has 0 aliphatic heterocycles. The van der Waals surface area contributed by atoms with Crippen LogP contribution in [-0.4, -0.2) is 12.6 Å². The lowest BCUT2D eigenvalue weighted by atomic mass is 9.98. The van der Waals surface area contributed by atoms with Crippen molar-refractivity contribution in [3.05, 3.63) is 35.6 Å². The van der Waals surface area contributed by atoms with E-state index in [-0.39, 0.29) is 5.82 Å². The van der Waals surface area contributed by atoms with E-state index in [4.69, 9.17) is 0 Å². The Bertz CT molecular complexity index is 351. The third kappa shape index (κ3) is 6.20. The first-order valence-corrected chi connectivity index (χ1v) is 7.64. The summed E-state index contributed by atoms with van der Waals surface area (Å²) in [4.78, 5) is 0. The molecule has 0 radical (unpaired) electrons. The molecule has 0 saturated heterocycles. The van der Waals surface area contributed by atoms with Crippen molar-refractivity contribution in [2.45, 2.75) is 58.9 Å². The second kappa shape index (κ2) is 9.08. The Morgan fingerprint density at radius 1 is 1.21 bits per heavy atom. The Balaban J connectivity index is 2.34. The van der Waals surface area contributed by atoms with E-state index in [2.05, 4.69) is 26.1 Å². The molecule has 0 fully saturated rings. The van der Waals surface area contributed by atoms with E-state index in [9.17, 15) is 4.39 Å². The van der Waals surface area contributed by atoms with E-state index in [1.165, 1.54) is 31.7 Å². The van der Waals surface area contributed by atoms with Crippen LogP contribution in [0.3, 0.4) is 0 Å². The molecule has 0 amide bonds. The quantitative estimate of drug-likeness (QED) is 0.690. The molecule has 19 heavy (non-hydrogen) atoms. The first-order valence-electron chi connectivity index (χ1n) is 7.64. The lowest BCUT2D eigenvalue weighted by Crippen LogP contribution is -2.32. The smallest absolute Gasteiger partial charge is 0.126 e. The van der Waals surface area contributed by atoms with E-state index in [1.807, 2.05) is 12.1 Å². The molecule has 0 aromatic heterocycles. The summed E-state index contributed by atoms with van der Waals surface area (Å²) in [7, 11) is 0. The number of benzene rings is 1. The average Bonchev–Trinajstić information content (AvgIpc) is 2.41. The summed E-state index contributed by atoms with van der Waals surface area (Å²) in [6, 6.07) is 7.39. The Labute approximate surface area is 117 Å². The Morgan fingerprint density at radius 2 is 1.95 bits per heavy atom. The van der Waals surface area contributed by atoms with Crippen LogP contribution in [0.4, 0.5) is 4.39 Å². The van der Waals surface area contributed by atoms with Crippen molar-refractivity contribution < 1.29 is 4.39 Å². The molecule has 1 aromatic rings. The van der Waals surface area contributed by atoms with Crippen molar-refractivity contribution in [2.75, 3.05) is 6.54 Å². The zero-order valence-electron chi connectivity index (χ0n) is 12.6. The summed E-state index contributed by atoms with van der Waals surface area (Å²) < 4.78 is 13.6. The summed E-state index contributed by atoms with van der Waals surface area (Å²) >= 11 is 0. The standard InChI is InChI=1S/C17H28FN/c1-4-6-9-15(5-2)13-19-14(3)12-16-10-7-8-11-17(16)18/h7-8,10-11,14-15,19H,4-6,9,12-13H2,1-3H3. The number of nitrogens with one attached hydrogen (secondary N) is 1. The van der Waals surface area contributed by atoms with E-state index in [1.54, 1.807) is 6.07 Å². The van der Waals surface area contributed by atoms with Gasteiger partial charge < -0.3 is 5.32 Å². The maximum Gasteiger partial charge on any atom is 0.126 e. The topological polar surface area (TPSA) is 12.0 Å². The number of hydrogen-bond acceptors (Lipinski definition) is 1. The Hall–Kier alpha value is -0.890. The molecule has 1 N–H and O–H groups in total. The van der Waals surface area contributed by atoms with Crippen molar-refractivity contribution in [1.82, 2.24) is 5.32 Å². The molecule has 1 rings (SSSR count). The van der Waals surface area contributed by atoms with Gasteiger partial charge >= 0.3 is 0 Å². The number of rotatable bonds is 9. The van der Waals surface area contributed by atoms with Crippen LogP contribution in [0.5, 0.6) is 0 Å². The van der Waals surface area contributed by atoms with Crippen LogP contribution in [0.2, 0.25) is 0 Å². The molecule has 1 nitrogen and oxygen atoms in total. The molecule has 0 spiro atoms. The summed E-state index contributed by atoms with van der Waals surface area (Å²) in [6.45, 7) is 7.68. The SMILES string of the molecule is CCCCC(CC)CNC(C)Cc1ccccc1F. The van der Waals surface area contributed by atoms with Gasteiger partial charge in [0.2, 0.25) is 0 Å². The maximum atomic E-state index is 13.6. The summed E-state index contributed by atoms with van der Waals surface area (Å²) in [5.41, 5.74) is 0.809. The van der Waals surface area contributed by atoms with Gasteiger partial charge in [0.15, 0.2) is 0 Å². The number of unbranched alkanes of at least 4 members (excludes halogenated alkanes) is 1. The minimum absolute atomic E-state index is 0.0887. The van der Waals surface area contributed by atoms with Gasteiger partial charge in [0, 0.05) is 6.04 Å². The van der Waals surface area contributed by atoms with Gasteiger partial charge in [-0.2, -0.15) is 0 Å². The second-order valence-electron chi connectivity index (χ2n) is 5.52. The van der Waals surface area contributed by atoms with Gasteiger partial charge in [-0.25, -0.2) is 4.39 Å². The van der Waals surface area contributed by atoms with Crippen LogP contribution in [0.15, 0.2) is 24.3 Å². The maximum absolute atomic E-state index is 13.6. The van der Waals surface area contributed by atoms with E-state index in [0.29, 0.717) is 6.04 Å². The molecule has 2 heteroatoms. The zero-order valence-corrected chi connectivity index (χ0v) is 12.6. The van der Waals surface area contributed by atoms with Crippen LogP contribution >= 0.6 is 0 Å². The second-order valence-corrected chi connectivity index (χ2v) is 5.52. The van der Waals surface area contributed by atoms with Crippen LogP contribution in [0.1, 0.15) is 52.0 Å². The van der Waals surface area contributed by atoms with Gasteiger partial charge in [-0.1, -0.05) is 51.3 Å². The highest BCUT2D eigenvalue weighted by atomic mass is 19.1. The molecule has 0 heterocycles. The largest absolute Gasteiger partial charge is 0.314 e. The van der Waals surface area contributed by atoms with E-state index >= 15 is 0 Å². The van der Waals surface area contributed by atoms with Crippen molar-refractivity contribution in [2.24, 2.45) is 5.92 Å².